The molecule has 2 N–H and O–H groups in total. The molecule has 45 heavy (non-hydrogen) atoms. The number of carbonyl (C=O) groups excluding carboxylic acids is 2. The van der Waals surface area contributed by atoms with Crippen LogP contribution >= 0.6 is 23.2 Å². The third kappa shape index (κ3) is 6.84. The van der Waals surface area contributed by atoms with Crippen LogP contribution < -0.4 is 5.32 Å². The number of rotatable bonds is 10. The molecule has 1 aromatic heterocycles. The lowest BCUT2D eigenvalue weighted by atomic mass is 9.77. The molecule has 0 bridgehead atoms. The van der Waals surface area contributed by atoms with E-state index in [-0.39, 0.29) is 24.4 Å². The maximum atomic E-state index is 14.6. The highest BCUT2D eigenvalue weighted by atomic mass is 35.5. The number of halogens is 2. The molecule has 1 atom stereocenters. The number of allylic oxidation sites excluding steroid dienone is 1. The second-order valence-corrected chi connectivity index (χ2v) is 13.6. The van der Waals surface area contributed by atoms with Crippen molar-refractivity contribution >= 4 is 40.7 Å². The topological polar surface area (TPSA) is 116 Å². The molecule has 11 heteroatoms. The Morgan fingerprint density at radius 1 is 1.09 bits per heavy atom. The van der Waals surface area contributed by atoms with Crippen LogP contribution in [0.1, 0.15) is 104 Å². The Morgan fingerprint density at radius 2 is 1.78 bits per heavy atom. The van der Waals surface area contributed by atoms with Crippen LogP contribution in [0.3, 0.4) is 0 Å². The third-order valence-electron chi connectivity index (χ3n) is 9.80. The van der Waals surface area contributed by atoms with Gasteiger partial charge in [0.25, 0.3) is 11.8 Å². The summed E-state index contributed by atoms with van der Waals surface area (Å²) < 4.78 is 0. The molecule has 2 heterocycles. The first kappa shape index (κ1) is 31.4. The molecular formula is C34H39Cl2N7O2. The first-order valence-electron chi connectivity index (χ1n) is 15.9. The number of aromatic amines is 1. The average molecular weight is 649 g/mol. The van der Waals surface area contributed by atoms with Crippen LogP contribution in [0.25, 0.3) is 0 Å². The summed E-state index contributed by atoms with van der Waals surface area (Å²) in [5.41, 5.74) is 3.08. The van der Waals surface area contributed by atoms with E-state index >= 15 is 0 Å². The second kappa shape index (κ2) is 13.4. The van der Waals surface area contributed by atoms with Crippen LogP contribution in [0, 0.1) is 11.8 Å². The van der Waals surface area contributed by atoms with E-state index in [4.69, 9.17) is 28.2 Å². The summed E-state index contributed by atoms with van der Waals surface area (Å²) in [5, 5.41) is 17.5. The lowest BCUT2D eigenvalue weighted by molar-refractivity contribution is -0.133. The van der Waals surface area contributed by atoms with Crippen molar-refractivity contribution in [3.63, 3.8) is 0 Å². The van der Waals surface area contributed by atoms with Crippen LogP contribution in [-0.4, -0.2) is 48.7 Å². The van der Waals surface area contributed by atoms with Gasteiger partial charge >= 0.3 is 0 Å². The number of benzene rings is 2. The zero-order valence-corrected chi connectivity index (χ0v) is 27.1. The van der Waals surface area contributed by atoms with Crippen molar-refractivity contribution in [2.24, 2.45) is 16.8 Å². The van der Waals surface area contributed by atoms with Crippen molar-refractivity contribution in [2.45, 2.75) is 89.4 Å². The van der Waals surface area contributed by atoms with Gasteiger partial charge in [0.2, 0.25) is 0 Å². The van der Waals surface area contributed by atoms with Gasteiger partial charge in [0.05, 0.1) is 12.6 Å². The Morgan fingerprint density at radius 3 is 2.40 bits per heavy atom. The smallest absolute Gasteiger partial charge is 0.275 e. The fourth-order valence-electron chi connectivity index (χ4n) is 7.36. The van der Waals surface area contributed by atoms with Crippen LogP contribution in [0.2, 0.25) is 10.0 Å². The number of nitrogens with zero attached hydrogens (tertiary/aromatic N) is 5. The minimum absolute atomic E-state index is 0.0968. The molecule has 3 aromatic rings. The van der Waals surface area contributed by atoms with Crippen molar-refractivity contribution in [2.75, 3.05) is 0 Å². The van der Waals surface area contributed by atoms with Gasteiger partial charge in [-0.15, -0.1) is 10.2 Å². The minimum Gasteiger partial charge on any atom is -0.345 e. The molecule has 0 saturated heterocycles. The molecule has 2 aliphatic carbocycles. The van der Waals surface area contributed by atoms with E-state index in [1.807, 2.05) is 24.3 Å². The Hall–Kier alpha value is -3.56. The molecule has 236 valence electrons. The van der Waals surface area contributed by atoms with Crippen LogP contribution in [-0.2, 0) is 11.3 Å². The SMILES string of the molecule is C=C(C)C1CCC2(CC1)N=C(c1cc(Cl)cc(Cl)c1)C(=O)N2[C@H](CCC1CCCC1)c1ccc(C(=O)NCc2nn[nH]n2)cc1. The van der Waals surface area contributed by atoms with Crippen LogP contribution in [0.5, 0.6) is 0 Å². The summed E-state index contributed by atoms with van der Waals surface area (Å²) in [6.45, 7) is 6.49. The molecule has 2 fully saturated rings. The summed E-state index contributed by atoms with van der Waals surface area (Å²) in [7, 11) is 0. The van der Waals surface area contributed by atoms with E-state index < -0.39 is 5.66 Å². The van der Waals surface area contributed by atoms with Crippen LogP contribution in [0.4, 0.5) is 0 Å². The van der Waals surface area contributed by atoms with Crippen molar-refractivity contribution < 1.29 is 9.59 Å². The molecule has 1 aliphatic heterocycles. The Bertz CT molecular complexity index is 1550. The standard InChI is InChI=1S/C34H39Cl2N7O2/c1-21(2)23-13-15-34(16-14-23)38-31(26-17-27(35)19-28(36)18-26)33(45)43(34)29(12-7-22-5-3-4-6-22)24-8-10-25(11-9-24)32(44)37-20-30-39-41-42-40-30/h8-11,17-19,22-23,29H,1,3-7,12-16,20H2,2H3,(H,37,44)(H,39,40,41,42)/t23?,29-,34?/m1/s1. The number of hydrogen-bond donors (Lipinski definition) is 2. The van der Waals surface area contributed by atoms with E-state index in [2.05, 4.69) is 44.3 Å². The minimum atomic E-state index is -0.672. The number of H-pyrrole nitrogens is 1. The Labute approximate surface area is 273 Å². The Kier molecular flexibility index (Phi) is 9.38. The van der Waals surface area contributed by atoms with Gasteiger partial charge in [0.15, 0.2) is 5.82 Å². The van der Waals surface area contributed by atoms with E-state index in [0.717, 1.165) is 44.1 Å². The van der Waals surface area contributed by atoms with Gasteiger partial charge in [-0.05, 0) is 93.2 Å². The average Bonchev–Trinajstić information content (AvgIpc) is 3.79. The molecule has 9 nitrogen and oxygen atoms in total. The molecule has 2 saturated carbocycles. The van der Waals surface area contributed by atoms with Crippen molar-refractivity contribution in [3.05, 3.63) is 87.2 Å². The summed E-state index contributed by atoms with van der Waals surface area (Å²) in [5.74, 6) is 1.14. The molecule has 2 amide bonds. The van der Waals surface area contributed by atoms with Gasteiger partial charge in [-0.1, -0.05) is 78.4 Å². The lowest BCUT2D eigenvalue weighted by Gasteiger charge is -2.45. The zero-order valence-electron chi connectivity index (χ0n) is 25.6. The highest BCUT2D eigenvalue weighted by Gasteiger charge is 2.52. The van der Waals surface area contributed by atoms with Crippen molar-refractivity contribution in [1.29, 1.82) is 0 Å². The summed E-state index contributed by atoms with van der Waals surface area (Å²) in [6.07, 6.45) is 10.2. The highest BCUT2D eigenvalue weighted by Crippen LogP contribution is 2.48. The largest absolute Gasteiger partial charge is 0.345 e. The zero-order chi connectivity index (χ0) is 31.6. The molecule has 2 aromatic carbocycles. The predicted octanol–water partition coefficient (Wildman–Crippen LogP) is 7.24. The van der Waals surface area contributed by atoms with Crippen molar-refractivity contribution in [1.82, 2.24) is 30.8 Å². The predicted molar refractivity (Wildman–Crippen MR) is 175 cm³/mol. The van der Waals surface area contributed by atoms with Gasteiger partial charge in [-0.2, -0.15) is 5.21 Å². The molecule has 3 aliphatic rings. The van der Waals surface area contributed by atoms with Crippen molar-refractivity contribution in [3.8, 4) is 0 Å². The van der Waals surface area contributed by atoms with Gasteiger partial charge in [0, 0.05) is 21.2 Å². The molecule has 0 unspecified atom stereocenters. The van der Waals surface area contributed by atoms with E-state index in [1.54, 1.807) is 18.2 Å². The number of aliphatic imine (C=N–C) groups is 1. The maximum Gasteiger partial charge on any atom is 0.275 e. The third-order valence-corrected chi connectivity index (χ3v) is 10.2. The summed E-state index contributed by atoms with van der Waals surface area (Å²) >= 11 is 12.8. The quantitative estimate of drug-likeness (QED) is 0.225. The normalized spacial score (nSPS) is 22.6. The molecule has 0 radical (unpaired) electrons. The summed E-state index contributed by atoms with van der Waals surface area (Å²) in [6, 6.07) is 12.6. The van der Waals surface area contributed by atoms with Gasteiger partial charge in [-0.3, -0.25) is 14.6 Å². The Balaban J connectivity index is 1.33. The number of carbonyl (C=O) groups is 2. The number of aromatic nitrogens is 4. The van der Waals surface area contributed by atoms with E-state index in [0.29, 0.717) is 44.5 Å². The molecular weight excluding hydrogens is 609 g/mol. The van der Waals surface area contributed by atoms with Gasteiger partial charge in [-0.25, -0.2) is 0 Å². The maximum absolute atomic E-state index is 14.6. The fourth-order valence-corrected chi connectivity index (χ4v) is 7.89. The van der Waals surface area contributed by atoms with E-state index in [9.17, 15) is 9.59 Å². The number of amides is 2. The first-order valence-corrected chi connectivity index (χ1v) is 16.6. The number of hydrogen-bond acceptors (Lipinski definition) is 6. The monoisotopic (exact) mass is 647 g/mol. The van der Waals surface area contributed by atoms with Crippen LogP contribution in [0.15, 0.2) is 59.6 Å². The number of nitrogens with one attached hydrogen (secondary N) is 2. The lowest BCUT2D eigenvalue weighted by Crippen LogP contribution is -2.51. The number of tetrazole rings is 1. The van der Waals surface area contributed by atoms with Gasteiger partial charge in [0.1, 0.15) is 11.4 Å². The molecule has 6 rings (SSSR count). The highest BCUT2D eigenvalue weighted by molar-refractivity contribution is 6.47. The first-order chi connectivity index (χ1) is 21.7. The van der Waals surface area contributed by atoms with E-state index in [1.165, 1.54) is 31.3 Å². The van der Waals surface area contributed by atoms with Gasteiger partial charge < -0.3 is 10.2 Å². The fraction of sp³-hybridized carbons (Fsp3) is 0.471. The second-order valence-electron chi connectivity index (χ2n) is 12.8. The summed E-state index contributed by atoms with van der Waals surface area (Å²) in [4.78, 5) is 34.8. The molecule has 1 spiro atoms.